The SMILES string of the molecule is CC(CC(=O)NC1CNCCC1C)c1ccc(C(F)(F)F)cc1.Cl. The Balaban J connectivity index is 0.00000288. The van der Waals surface area contributed by atoms with Gasteiger partial charge in [-0.15, -0.1) is 12.4 Å². The van der Waals surface area contributed by atoms with Crippen LogP contribution in [-0.2, 0) is 11.0 Å². The minimum atomic E-state index is -4.33. The average molecular weight is 365 g/mol. The summed E-state index contributed by atoms with van der Waals surface area (Å²) < 4.78 is 37.7. The molecule has 2 rings (SSSR count). The van der Waals surface area contributed by atoms with Gasteiger partial charge in [-0.05, 0) is 42.5 Å². The number of amides is 1. The molecule has 0 bridgehead atoms. The van der Waals surface area contributed by atoms with Crippen LogP contribution in [0.15, 0.2) is 24.3 Å². The third kappa shape index (κ3) is 5.67. The van der Waals surface area contributed by atoms with Gasteiger partial charge >= 0.3 is 6.18 Å². The third-order valence-electron chi connectivity index (χ3n) is 4.47. The average Bonchev–Trinajstić information content (AvgIpc) is 2.49. The number of hydrogen-bond donors (Lipinski definition) is 2. The number of alkyl halides is 3. The van der Waals surface area contributed by atoms with E-state index in [0.717, 1.165) is 37.2 Å². The van der Waals surface area contributed by atoms with Gasteiger partial charge in [-0.3, -0.25) is 4.79 Å². The van der Waals surface area contributed by atoms with Gasteiger partial charge < -0.3 is 10.6 Å². The molecule has 2 N–H and O–H groups in total. The molecule has 24 heavy (non-hydrogen) atoms. The first kappa shape index (κ1) is 20.8. The minimum absolute atomic E-state index is 0. The summed E-state index contributed by atoms with van der Waals surface area (Å²) in [7, 11) is 0. The van der Waals surface area contributed by atoms with Crippen LogP contribution < -0.4 is 10.6 Å². The first-order chi connectivity index (χ1) is 10.8. The van der Waals surface area contributed by atoms with E-state index >= 15 is 0 Å². The molecular weight excluding hydrogens is 341 g/mol. The minimum Gasteiger partial charge on any atom is -0.352 e. The standard InChI is InChI=1S/C17H23F3N2O.ClH/c1-11-7-8-21-10-15(11)22-16(23)9-12(2)13-3-5-14(6-4-13)17(18,19)20;/h3-6,11-12,15,21H,7-10H2,1-2H3,(H,22,23);1H. The Bertz CT molecular complexity index is 534. The highest BCUT2D eigenvalue weighted by Gasteiger charge is 2.30. The summed E-state index contributed by atoms with van der Waals surface area (Å²) in [4.78, 5) is 12.1. The van der Waals surface area contributed by atoms with E-state index in [1.807, 2.05) is 6.92 Å². The van der Waals surface area contributed by atoms with Gasteiger partial charge in [0.1, 0.15) is 0 Å². The Morgan fingerprint density at radius 2 is 1.96 bits per heavy atom. The van der Waals surface area contributed by atoms with Crippen LogP contribution in [0.4, 0.5) is 13.2 Å². The second kappa shape index (κ2) is 8.72. The number of rotatable bonds is 4. The van der Waals surface area contributed by atoms with Crippen LogP contribution in [0.5, 0.6) is 0 Å². The molecule has 1 amide bonds. The van der Waals surface area contributed by atoms with Gasteiger partial charge in [0, 0.05) is 19.0 Å². The van der Waals surface area contributed by atoms with E-state index in [9.17, 15) is 18.0 Å². The van der Waals surface area contributed by atoms with Gasteiger partial charge in [-0.25, -0.2) is 0 Å². The molecule has 0 aromatic heterocycles. The first-order valence-electron chi connectivity index (χ1n) is 7.94. The number of piperidine rings is 1. The fourth-order valence-electron chi connectivity index (χ4n) is 2.85. The predicted molar refractivity (Wildman–Crippen MR) is 90.3 cm³/mol. The van der Waals surface area contributed by atoms with E-state index in [2.05, 4.69) is 17.6 Å². The van der Waals surface area contributed by atoms with Crippen molar-refractivity contribution >= 4 is 18.3 Å². The van der Waals surface area contributed by atoms with E-state index in [4.69, 9.17) is 0 Å². The van der Waals surface area contributed by atoms with Crippen LogP contribution in [0.1, 0.15) is 43.7 Å². The van der Waals surface area contributed by atoms with Crippen molar-refractivity contribution < 1.29 is 18.0 Å². The predicted octanol–water partition coefficient (Wildman–Crippen LogP) is 3.74. The Morgan fingerprint density at radius 3 is 2.50 bits per heavy atom. The Morgan fingerprint density at radius 1 is 1.33 bits per heavy atom. The maximum atomic E-state index is 12.6. The lowest BCUT2D eigenvalue weighted by Crippen LogP contribution is -2.50. The highest BCUT2D eigenvalue weighted by Crippen LogP contribution is 2.30. The molecule has 0 radical (unpaired) electrons. The second-order valence-corrected chi connectivity index (χ2v) is 6.37. The number of hydrogen-bond acceptors (Lipinski definition) is 2. The molecule has 0 saturated carbocycles. The van der Waals surface area contributed by atoms with Crippen LogP contribution >= 0.6 is 12.4 Å². The van der Waals surface area contributed by atoms with E-state index in [1.54, 1.807) is 0 Å². The zero-order valence-electron chi connectivity index (χ0n) is 13.8. The van der Waals surface area contributed by atoms with E-state index in [0.29, 0.717) is 5.92 Å². The molecule has 1 aromatic rings. The molecule has 3 unspecified atom stereocenters. The molecule has 1 aliphatic rings. The number of carbonyl (C=O) groups excluding carboxylic acids is 1. The first-order valence-corrected chi connectivity index (χ1v) is 7.94. The molecule has 3 atom stereocenters. The fourth-order valence-corrected chi connectivity index (χ4v) is 2.85. The summed E-state index contributed by atoms with van der Waals surface area (Å²) in [6.45, 7) is 5.70. The number of benzene rings is 1. The van der Waals surface area contributed by atoms with Crippen LogP contribution in [0.3, 0.4) is 0 Å². The highest BCUT2D eigenvalue weighted by molar-refractivity contribution is 5.85. The van der Waals surface area contributed by atoms with E-state index < -0.39 is 11.7 Å². The van der Waals surface area contributed by atoms with Crippen molar-refractivity contribution in [2.24, 2.45) is 5.92 Å². The summed E-state index contributed by atoms with van der Waals surface area (Å²) >= 11 is 0. The summed E-state index contributed by atoms with van der Waals surface area (Å²) in [6, 6.07) is 5.15. The maximum absolute atomic E-state index is 12.6. The van der Waals surface area contributed by atoms with Crippen molar-refractivity contribution in [2.45, 2.75) is 44.8 Å². The monoisotopic (exact) mass is 364 g/mol. The van der Waals surface area contributed by atoms with Crippen LogP contribution in [0.25, 0.3) is 0 Å². The molecule has 1 aliphatic heterocycles. The second-order valence-electron chi connectivity index (χ2n) is 6.37. The van der Waals surface area contributed by atoms with Crippen LogP contribution in [0.2, 0.25) is 0 Å². The lowest BCUT2D eigenvalue weighted by atomic mass is 9.93. The molecule has 1 fully saturated rings. The molecular formula is C17H24ClF3N2O. The lowest BCUT2D eigenvalue weighted by molar-refractivity contribution is -0.137. The Labute approximate surface area is 146 Å². The van der Waals surface area contributed by atoms with Crippen molar-refractivity contribution in [2.75, 3.05) is 13.1 Å². The van der Waals surface area contributed by atoms with Crippen molar-refractivity contribution in [3.63, 3.8) is 0 Å². The van der Waals surface area contributed by atoms with Crippen molar-refractivity contribution in [1.82, 2.24) is 10.6 Å². The van der Waals surface area contributed by atoms with Crippen molar-refractivity contribution in [3.8, 4) is 0 Å². The zero-order chi connectivity index (χ0) is 17.0. The summed E-state index contributed by atoms with van der Waals surface area (Å²) in [5.74, 6) is 0.253. The number of halogens is 4. The van der Waals surface area contributed by atoms with Crippen molar-refractivity contribution in [3.05, 3.63) is 35.4 Å². The molecule has 1 saturated heterocycles. The largest absolute Gasteiger partial charge is 0.416 e. The van der Waals surface area contributed by atoms with Gasteiger partial charge in [0.2, 0.25) is 5.91 Å². The lowest BCUT2D eigenvalue weighted by Gasteiger charge is -2.30. The van der Waals surface area contributed by atoms with Gasteiger partial charge in [-0.1, -0.05) is 26.0 Å². The van der Waals surface area contributed by atoms with E-state index in [1.165, 1.54) is 12.1 Å². The van der Waals surface area contributed by atoms with Gasteiger partial charge in [0.15, 0.2) is 0 Å². The molecule has 7 heteroatoms. The molecule has 1 heterocycles. The molecule has 0 spiro atoms. The van der Waals surface area contributed by atoms with Gasteiger partial charge in [-0.2, -0.15) is 13.2 Å². The van der Waals surface area contributed by atoms with E-state index in [-0.39, 0.29) is 36.7 Å². The normalized spacial score (nSPS) is 22.4. The van der Waals surface area contributed by atoms with Crippen LogP contribution in [-0.4, -0.2) is 25.0 Å². The fraction of sp³-hybridized carbons (Fsp3) is 0.588. The quantitative estimate of drug-likeness (QED) is 0.854. The third-order valence-corrected chi connectivity index (χ3v) is 4.47. The molecule has 3 nitrogen and oxygen atoms in total. The summed E-state index contributed by atoms with van der Waals surface area (Å²) in [5, 5.41) is 6.28. The zero-order valence-corrected chi connectivity index (χ0v) is 14.6. The molecule has 1 aromatic carbocycles. The van der Waals surface area contributed by atoms with Crippen molar-refractivity contribution in [1.29, 1.82) is 0 Å². The summed E-state index contributed by atoms with van der Waals surface area (Å²) in [6.07, 6.45) is -3.03. The number of nitrogens with one attached hydrogen (secondary N) is 2. The molecule has 0 aliphatic carbocycles. The van der Waals surface area contributed by atoms with Crippen LogP contribution in [0, 0.1) is 5.92 Å². The molecule has 136 valence electrons. The smallest absolute Gasteiger partial charge is 0.352 e. The topological polar surface area (TPSA) is 41.1 Å². The van der Waals surface area contributed by atoms with Gasteiger partial charge in [0.05, 0.1) is 5.56 Å². The summed E-state index contributed by atoms with van der Waals surface area (Å²) in [5.41, 5.74) is 0.0722. The Hall–Kier alpha value is -1.27. The Kier molecular flexibility index (Phi) is 7.55. The maximum Gasteiger partial charge on any atom is 0.416 e. The number of carbonyl (C=O) groups is 1. The highest BCUT2D eigenvalue weighted by atomic mass is 35.5. The van der Waals surface area contributed by atoms with Gasteiger partial charge in [0.25, 0.3) is 0 Å².